The summed E-state index contributed by atoms with van der Waals surface area (Å²) in [6.45, 7) is 0. The minimum atomic E-state index is -0.929. The first-order valence-electron chi connectivity index (χ1n) is 8.66. The van der Waals surface area contributed by atoms with Gasteiger partial charge in [-0.2, -0.15) is 0 Å². The van der Waals surface area contributed by atoms with Crippen LogP contribution in [0.4, 0.5) is 0 Å². The minimum absolute atomic E-state index is 0.0578. The molecule has 0 saturated heterocycles. The summed E-state index contributed by atoms with van der Waals surface area (Å²) in [5.74, 6) is 0.412. The van der Waals surface area contributed by atoms with E-state index in [4.69, 9.17) is 27.8 Å². The standard InChI is InChI=1S/C21H16O9/c1-25-14-7-10-4-5-17(23)28-13(10)9-15(14)29-19-16(26-2)8-11-6-12(22)21(24)30-18(11)20(19)27-3/h4-9,22H,1-3H3. The van der Waals surface area contributed by atoms with Gasteiger partial charge in [0.2, 0.25) is 17.2 Å². The second kappa shape index (κ2) is 7.36. The predicted molar refractivity (Wildman–Crippen MR) is 106 cm³/mol. The number of ether oxygens (including phenoxy) is 4. The number of fused-ring (bicyclic) bond motifs is 2. The van der Waals surface area contributed by atoms with Gasteiger partial charge in [0.1, 0.15) is 5.58 Å². The van der Waals surface area contributed by atoms with E-state index in [-0.39, 0.29) is 34.2 Å². The van der Waals surface area contributed by atoms with Crippen LogP contribution < -0.4 is 30.2 Å². The molecule has 0 radical (unpaired) electrons. The van der Waals surface area contributed by atoms with Crippen LogP contribution in [-0.2, 0) is 0 Å². The van der Waals surface area contributed by atoms with Crippen molar-refractivity contribution in [1.82, 2.24) is 0 Å². The molecule has 2 aromatic carbocycles. The molecule has 0 aliphatic heterocycles. The van der Waals surface area contributed by atoms with Crippen molar-refractivity contribution >= 4 is 21.9 Å². The Kier molecular flexibility index (Phi) is 4.71. The maximum Gasteiger partial charge on any atom is 0.378 e. The molecule has 0 aliphatic rings. The SMILES string of the molecule is COc1cc2ccc(=O)oc2cc1Oc1c(OC)cc2cc(O)c(=O)oc2c1OC. The van der Waals surface area contributed by atoms with E-state index in [1.54, 1.807) is 12.1 Å². The molecule has 30 heavy (non-hydrogen) atoms. The van der Waals surface area contributed by atoms with Crippen LogP contribution in [0.15, 0.2) is 54.8 Å². The molecule has 1 N–H and O–H groups in total. The van der Waals surface area contributed by atoms with Crippen LogP contribution in [0.3, 0.4) is 0 Å². The van der Waals surface area contributed by atoms with Crippen molar-refractivity contribution < 1.29 is 32.9 Å². The summed E-state index contributed by atoms with van der Waals surface area (Å²) in [5.41, 5.74) is -1.10. The molecule has 154 valence electrons. The van der Waals surface area contributed by atoms with Gasteiger partial charge in [0.15, 0.2) is 22.8 Å². The fourth-order valence-electron chi connectivity index (χ4n) is 3.04. The zero-order valence-electron chi connectivity index (χ0n) is 16.2. The van der Waals surface area contributed by atoms with E-state index in [9.17, 15) is 14.7 Å². The van der Waals surface area contributed by atoms with E-state index < -0.39 is 17.0 Å². The van der Waals surface area contributed by atoms with Crippen LogP contribution in [-0.4, -0.2) is 26.4 Å². The summed E-state index contributed by atoms with van der Waals surface area (Å²) in [5, 5.41) is 10.7. The van der Waals surface area contributed by atoms with Gasteiger partial charge in [-0.05, 0) is 24.3 Å². The number of benzene rings is 2. The molecule has 0 aliphatic carbocycles. The monoisotopic (exact) mass is 412 g/mol. The van der Waals surface area contributed by atoms with E-state index in [1.165, 1.54) is 45.6 Å². The maximum atomic E-state index is 11.8. The normalized spacial score (nSPS) is 10.9. The molecular weight excluding hydrogens is 396 g/mol. The van der Waals surface area contributed by atoms with Gasteiger partial charge in [0.05, 0.1) is 21.3 Å². The Balaban J connectivity index is 1.96. The summed E-state index contributed by atoms with van der Waals surface area (Å²) < 4.78 is 32.6. The lowest BCUT2D eigenvalue weighted by atomic mass is 10.1. The summed E-state index contributed by atoms with van der Waals surface area (Å²) >= 11 is 0. The summed E-state index contributed by atoms with van der Waals surface area (Å²) in [7, 11) is 4.25. The van der Waals surface area contributed by atoms with Crippen molar-refractivity contribution in [3.05, 3.63) is 57.2 Å². The van der Waals surface area contributed by atoms with Gasteiger partial charge in [-0.3, -0.25) is 0 Å². The molecule has 0 amide bonds. The zero-order valence-corrected chi connectivity index (χ0v) is 16.2. The van der Waals surface area contributed by atoms with Crippen LogP contribution in [0.5, 0.6) is 34.5 Å². The van der Waals surface area contributed by atoms with Gasteiger partial charge >= 0.3 is 11.3 Å². The Morgan fingerprint density at radius 3 is 2.20 bits per heavy atom. The summed E-state index contributed by atoms with van der Waals surface area (Å²) in [4.78, 5) is 23.4. The maximum absolute atomic E-state index is 11.8. The van der Waals surface area contributed by atoms with Crippen molar-refractivity contribution in [2.75, 3.05) is 21.3 Å². The number of aromatic hydroxyl groups is 1. The second-order valence-electron chi connectivity index (χ2n) is 6.18. The Hall–Kier alpha value is -4.14. The zero-order chi connectivity index (χ0) is 21.4. The van der Waals surface area contributed by atoms with E-state index in [2.05, 4.69) is 0 Å². The molecule has 9 heteroatoms. The third-order valence-corrected chi connectivity index (χ3v) is 4.42. The lowest BCUT2D eigenvalue weighted by Crippen LogP contribution is -2.01. The van der Waals surface area contributed by atoms with Crippen molar-refractivity contribution in [3.8, 4) is 34.5 Å². The third kappa shape index (κ3) is 3.16. The molecule has 0 saturated carbocycles. The molecule has 4 rings (SSSR count). The molecule has 0 bridgehead atoms. The van der Waals surface area contributed by atoms with Gasteiger partial charge < -0.3 is 32.9 Å². The van der Waals surface area contributed by atoms with E-state index in [0.29, 0.717) is 16.5 Å². The Morgan fingerprint density at radius 2 is 1.50 bits per heavy atom. The molecule has 0 fully saturated rings. The first-order valence-corrected chi connectivity index (χ1v) is 8.66. The minimum Gasteiger partial charge on any atom is -0.502 e. The van der Waals surface area contributed by atoms with E-state index >= 15 is 0 Å². The van der Waals surface area contributed by atoms with Crippen LogP contribution in [0.1, 0.15) is 0 Å². The number of hydrogen-bond donors (Lipinski definition) is 1. The van der Waals surface area contributed by atoms with Gasteiger partial charge in [-0.1, -0.05) is 0 Å². The smallest absolute Gasteiger partial charge is 0.378 e. The second-order valence-corrected chi connectivity index (χ2v) is 6.18. The third-order valence-electron chi connectivity index (χ3n) is 4.42. The highest BCUT2D eigenvalue weighted by Crippen LogP contribution is 2.47. The van der Waals surface area contributed by atoms with Crippen LogP contribution in [0.2, 0.25) is 0 Å². The fraction of sp³-hybridized carbons (Fsp3) is 0.143. The average Bonchev–Trinajstić information content (AvgIpc) is 2.74. The van der Waals surface area contributed by atoms with Crippen molar-refractivity contribution in [1.29, 1.82) is 0 Å². The lowest BCUT2D eigenvalue weighted by Gasteiger charge is -2.17. The Bertz CT molecular complexity index is 1380. The highest BCUT2D eigenvalue weighted by molar-refractivity contribution is 5.89. The number of hydrogen-bond acceptors (Lipinski definition) is 9. The van der Waals surface area contributed by atoms with Crippen molar-refractivity contribution in [3.63, 3.8) is 0 Å². The number of methoxy groups -OCH3 is 3. The molecule has 9 nitrogen and oxygen atoms in total. The highest BCUT2D eigenvalue weighted by Gasteiger charge is 2.22. The number of rotatable bonds is 5. The van der Waals surface area contributed by atoms with Gasteiger partial charge in [0, 0.05) is 22.9 Å². The topological polar surface area (TPSA) is 118 Å². The quantitative estimate of drug-likeness (QED) is 0.492. The first-order chi connectivity index (χ1) is 14.4. The Labute approximate surface area is 168 Å². The molecule has 0 unspecified atom stereocenters. The molecule has 2 aromatic heterocycles. The average molecular weight is 412 g/mol. The van der Waals surface area contributed by atoms with Gasteiger partial charge in [-0.25, -0.2) is 9.59 Å². The lowest BCUT2D eigenvalue weighted by molar-refractivity contribution is 0.331. The molecule has 4 aromatic rings. The molecule has 0 atom stereocenters. The summed E-state index contributed by atoms with van der Waals surface area (Å²) in [6, 6.07) is 8.79. The van der Waals surface area contributed by atoms with Crippen LogP contribution >= 0.6 is 0 Å². The van der Waals surface area contributed by atoms with Crippen molar-refractivity contribution in [2.45, 2.75) is 0 Å². The van der Waals surface area contributed by atoms with Gasteiger partial charge in [-0.15, -0.1) is 0 Å². The highest BCUT2D eigenvalue weighted by atomic mass is 16.6. The van der Waals surface area contributed by atoms with E-state index in [0.717, 1.165) is 0 Å². The first kappa shape index (κ1) is 19.2. The molecular formula is C21H16O9. The van der Waals surface area contributed by atoms with Gasteiger partial charge in [0.25, 0.3) is 0 Å². The van der Waals surface area contributed by atoms with Crippen LogP contribution in [0, 0.1) is 0 Å². The predicted octanol–water partition coefficient (Wildman–Crippen LogP) is 3.42. The molecule has 0 spiro atoms. The fourth-order valence-corrected chi connectivity index (χ4v) is 3.04. The molecule has 2 heterocycles. The van der Waals surface area contributed by atoms with Crippen molar-refractivity contribution in [2.24, 2.45) is 0 Å². The summed E-state index contributed by atoms with van der Waals surface area (Å²) in [6.07, 6.45) is 0. The van der Waals surface area contributed by atoms with Crippen LogP contribution in [0.25, 0.3) is 21.9 Å². The van der Waals surface area contributed by atoms with E-state index in [1.807, 2.05) is 0 Å². The Morgan fingerprint density at radius 1 is 0.767 bits per heavy atom. The largest absolute Gasteiger partial charge is 0.502 e.